The van der Waals surface area contributed by atoms with Crippen LogP contribution in [0, 0.1) is 24.0 Å². The van der Waals surface area contributed by atoms with Crippen LogP contribution in [0.3, 0.4) is 0 Å². The molecule has 1 amide bonds. The Morgan fingerprint density at radius 1 is 1.28 bits per heavy atom. The first-order valence-electron chi connectivity index (χ1n) is 9.73. The largest absolute Gasteiger partial charge is 0.497 e. The van der Waals surface area contributed by atoms with Gasteiger partial charge in [0.25, 0.3) is 0 Å². The maximum atomic E-state index is 12.5. The molecule has 1 atom stereocenters. The smallest absolute Gasteiger partial charge is 0.312 e. The zero-order valence-electron chi connectivity index (χ0n) is 17.1. The number of aromatic nitrogens is 2. The molecule has 0 bridgehead atoms. The molecule has 1 N–H and O–H groups in total. The van der Waals surface area contributed by atoms with E-state index in [2.05, 4.69) is 15.3 Å². The van der Waals surface area contributed by atoms with E-state index in [-0.39, 0.29) is 24.2 Å². The van der Waals surface area contributed by atoms with Crippen LogP contribution >= 0.6 is 0 Å². The number of ether oxygens (including phenoxy) is 1. The van der Waals surface area contributed by atoms with E-state index in [1.54, 1.807) is 21.0 Å². The van der Waals surface area contributed by atoms with Gasteiger partial charge in [0, 0.05) is 6.54 Å². The maximum absolute atomic E-state index is 12.5. The summed E-state index contributed by atoms with van der Waals surface area (Å²) >= 11 is 0. The Morgan fingerprint density at radius 3 is 2.48 bits per heavy atom. The quantitative estimate of drug-likeness (QED) is 0.538. The molecule has 3 rings (SSSR count). The van der Waals surface area contributed by atoms with Gasteiger partial charge in [-0.3, -0.25) is 24.5 Å². The van der Waals surface area contributed by atoms with E-state index in [9.17, 15) is 14.9 Å². The van der Waals surface area contributed by atoms with E-state index in [4.69, 9.17) is 4.74 Å². The fraction of sp³-hybridized carbons (Fsp3) is 0.500. The van der Waals surface area contributed by atoms with Gasteiger partial charge < -0.3 is 10.1 Å². The number of hydrogen-bond donors (Lipinski definition) is 1. The van der Waals surface area contributed by atoms with Crippen molar-refractivity contribution in [3.8, 4) is 5.75 Å². The molecule has 2 heterocycles. The van der Waals surface area contributed by atoms with Crippen molar-refractivity contribution >= 4 is 11.6 Å². The lowest BCUT2D eigenvalue weighted by atomic mass is 10.1. The highest BCUT2D eigenvalue weighted by molar-refractivity contribution is 5.76. The number of carbonyl (C=O) groups excluding carboxylic acids is 1. The third kappa shape index (κ3) is 4.73. The maximum Gasteiger partial charge on any atom is 0.312 e. The van der Waals surface area contributed by atoms with Crippen molar-refractivity contribution in [3.63, 3.8) is 0 Å². The Bertz CT molecular complexity index is 872. The van der Waals surface area contributed by atoms with Crippen molar-refractivity contribution in [1.82, 2.24) is 20.0 Å². The third-order valence-corrected chi connectivity index (χ3v) is 5.39. The summed E-state index contributed by atoms with van der Waals surface area (Å²) < 4.78 is 6.63. The summed E-state index contributed by atoms with van der Waals surface area (Å²) in [5.74, 6) is 0.576. The molecule has 0 radical (unpaired) electrons. The fourth-order valence-electron chi connectivity index (χ4n) is 3.85. The van der Waals surface area contributed by atoms with E-state index >= 15 is 0 Å². The Balaban J connectivity index is 1.68. The molecule has 156 valence electrons. The number of nitrogens with zero attached hydrogens (tertiary/aromatic N) is 4. The van der Waals surface area contributed by atoms with Gasteiger partial charge in [-0.25, -0.2) is 0 Å². The highest BCUT2D eigenvalue weighted by Gasteiger charge is 2.25. The topological polar surface area (TPSA) is 103 Å². The molecule has 1 aromatic carbocycles. The Morgan fingerprint density at radius 2 is 1.93 bits per heavy atom. The van der Waals surface area contributed by atoms with Gasteiger partial charge in [0.1, 0.15) is 23.7 Å². The van der Waals surface area contributed by atoms with Crippen molar-refractivity contribution in [2.45, 2.75) is 39.3 Å². The van der Waals surface area contributed by atoms with Gasteiger partial charge in [-0.1, -0.05) is 12.1 Å². The minimum Gasteiger partial charge on any atom is -0.497 e. The molecule has 1 fully saturated rings. The number of carbonyl (C=O) groups is 1. The zero-order chi connectivity index (χ0) is 21.0. The van der Waals surface area contributed by atoms with E-state index < -0.39 is 4.92 Å². The van der Waals surface area contributed by atoms with E-state index in [0.29, 0.717) is 17.9 Å². The predicted molar refractivity (Wildman–Crippen MR) is 108 cm³/mol. The molecule has 0 aliphatic carbocycles. The van der Waals surface area contributed by atoms with Crippen molar-refractivity contribution < 1.29 is 14.5 Å². The number of benzene rings is 1. The summed E-state index contributed by atoms with van der Waals surface area (Å²) in [5, 5.41) is 18.3. The Kier molecular flexibility index (Phi) is 6.48. The number of aryl methyl sites for hydroxylation is 1. The first-order chi connectivity index (χ1) is 13.9. The Labute approximate surface area is 169 Å². The molecular weight excluding hydrogens is 374 g/mol. The van der Waals surface area contributed by atoms with Crippen molar-refractivity contribution in [1.29, 1.82) is 0 Å². The van der Waals surface area contributed by atoms with Crippen LogP contribution in [0.4, 0.5) is 5.69 Å². The molecular formula is C20H27N5O4. The van der Waals surface area contributed by atoms with Gasteiger partial charge in [-0.15, -0.1) is 0 Å². The minimum atomic E-state index is -0.459. The van der Waals surface area contributed by atoms with Gasteiger partial charge in [0.2, 0.25) is 5.91 Å². The molecule has 1 unspecified atom stereocenters. The summed E-state index contributed by atoms with van der Waals surface area (Å²) in [4.78, 5) is 25.6. The molecule has 9 heteroatoms. The highest BCUT2D eigenvalue weighted by atomic mass is 16.6. The van der Waals surface area contributed by atoms with Crippen LogP contribution in [-0.4, -0.2) is 52.3 Å². The van der Waals surface area contributed by atoms with E-state index in [1.165, 1.54) is 4.68 Å². The van der Waals surface area contributed by atoms with Crippen LogP contribution in [0.15, 0.2) is 24.3 Å². The van der Waals surface area contributed by atoms with E-state index in [0.717, 1.165) is 37.2 Å². The first-order valence-corrected chi connectivity index (χ1v) is 9.73. The van der Waals surface area contributed by atoms with Crippen molar-refractivity contribution in [2.24, 2.45) is 0 Å². The molecule has 1 aromatic heterocycles. The number of likely N-dealkylation sites (tertiary alicyclic amines) is 1. The van der Waals surface area contributed by atoms with Gasteiger partial charge in [-0.05, 0) is 57.5 Å². The number of methoxy groups -OCH3 is 1. The second-order valence-corrected chi connectivity index (χ2v) is 7.27. The van der Waals surface area contributed by atoms with Gasteiger partial charge >= 0.3 is 5.69 Å². The second-order valence-electron chi connectivity index (χ2n) is 7.27. The van der Waals surface area contributed by atoms with Crippen LogP contribution < -0.4 is 10.1 Å². The standard InChI is InChI=1S/C20H27N5O4/c1-14-20(25(27)28)15(2)24(22-14)13-19(26)21-12-18(23-10-4-5-11-23)16-6-8-17(29-3)9-7-16/h6-9,18H,4-5,10-13H2,1-3H3,(H,21,26). The van der Waals surface area contributed by atoms with Crippen molar-refractivity contribution in [2.75, 3.05) is 26.7 Å². The number of rotatable bonds is 8. The summed E-state index contributed by atoms with van der Waals surface area (Å²) in [6, 6.07) is 7.98. The lowest BCUT2D eigenvalue weighted by Gasteiger charge is -2.28. The summed E-state index contributed by atoms with van der Waals surface area (Å²) in [6.45, 7) is 5.59. The van der Waals surface area contributed by atoms with E-state index in [1.807, 2.05) is 24.3 Å². The molecule has 1 aliphatic heterocycles. The number of amides is 1. The molecule has 1 saturated heterocycles. The van der Waals surface area contributed by atoms with Crippen LogP contribution in [0.2, 0.25) is 0 Å². The average Bonchev–Trinajstić information content (AvgIpc) is 3.31. The normalized spacial score (nSPS) is 15.3. The van der Waals surface area contributed by atoms with Gasteiger partial charge in [0.15, 0.2) is 0 Å². The first kappa shape index (κ1) is 20.8. The molecule has 1 aliphatic rings. The monoisotopic (exact) mass is 401 g/mol. The summed E-state index contributed by atoms with van der Waals surface area (Å²) in [5.41, 5.74) is 1.78. The second kappa shape index (κ2) is 9.04. The Hall–Kier alpha value is -2.94. The number of nitrogens with one attached hydrogen (secondary N) is 1. The number of nitro groups is 1. The van der Waals surface area contributed by atoms with Crippen LogP contribution in [0.5, 0.6) is 5.75 Å². The van der Waals surface area contributed by atoms with Gasteiger partial charge in [0.05, 0.1) is 18.1 Å². The number of hydrogen-bond acceptors (Lipinski definition) is 6. The minimum absolute atomic E-state index is 0.0361. The SMILES string of the molecule is COc1ccc(C(CNC(=O)Cn2nc(C)c([N+](=O)[O-])c2C)N2CCCC2)cc1. The molecule has 2 aromatic rings. The highest BCUT2D eigenvalue weighted by Crippen LogP contribution is 2.26. The summed E-state index contributed by atoms with van der Waals surface area (Å²) in [6.07, 6.45) is 2.30. The molecule has 0 saturated carbocycles. The average molecular weight is 401 g/mol. The lowest BCUT2D eigenvalue weighted by Crippen LogP contribution is -2.38. The molecule has 0 spiro atoms. The van der Waals surface area contributed by atoms with Crippen molar-refractivity contribution in [3.05, 3.63) is 51.3 Å². The zero-order valence-corrected chi connectivity index (χ0v) is 17.1. The van der Waals surface area contributed by atoms with Crippen LogP contribution in [0.25, 0.3) is 0 Å². The predicted octanol–water partition coefficient (Wildman–Crippen LogP) is 2.37. The molecule has 9 nitrogen and oxygen atoms in total. The summed E-state index contributed by atoms with van der Waals surface area (Å²) in [7, 11) is 1.64. The van der Waals surface area contributed by atoms with Gasteiger partial charge in [-0.2, -0.15) is 5.10 Å². The van der Waals surface area contributed by atoms with Crippen LogP contribution in [0.1, 0.15) is 35.8 Å². The van der Waals surface area contributed by atoms with Crippen LogP contribution in [-0.2, 0) is 11.3 Å². The fourth-order valence-corrected chi connectivity index (χ4v) is 3.85. The lowest BCUT2D eigenvalue weighted by molar-refractivity contribution is -0.386. The third-order valence-electron chi connectivity index (χ3n) is 5.39. The molecule has 29 heavy (non-hydrogen) atoms.